The van der Waals surface area contributed by atoms with Crippen molar-refractivity contribution in [3.8, 4) is 0 Å². The van der Waals surface area contributed by atoms with E-state index >= 15 is 0 Å². The van der Waals surface area contributed by atoms with Crippen LogP contribution in [0.4, 0.5) is 0 Å². The molecule has 4 heteroatoms. The lowest BCUT2D eigenvalue weighted by Gasteiger charge is -2.35. The summed E-state index contributed by atoms with van der Waals surface area (Å²) in [5, 5.41) is 7.12. The van der Waals surface area contributed by atoms with Gasteiger partial charge in [0.1, 0.15) is 0 Å². The van der Waals surface area contributed by atoms with Gasteiger partial charge >= 0.3 is 0 Å². The second-order valence-corrected chi connectivity index (χ2v) is 7.89. The number of nitrogens with zero attached hydrogens (tertiary/aromatic N) is 2. The minimum Gasteiger partial charge on any atom is -0.357 e. The molecule has 138 valence electrons. The fraction of sp³-hybridized carbons (Fsp3) is 0.667. The molecular weight excluding hydrogens is 308 g/mol. The van der Waals surface area contributed by atoms with Gasteiger partial charge in [0, 0.05) is 37.1 Å². The first-order valence-electron chi connectivity index (χ1n) is 9.97. The number of aliphatic imine (C=N–C) groups is 1. The van der Waals surface area contributed by atoms with Crippen LogP contribution >= 0.6 is 0 Å². The molecular formula is C21H34N4. The molecule has 0 aromatic heterocycles. The highest BCUT2D eigenvalue weighted by molar-refractivity contribution is 5.80. The van der Waals surface area contributed by atoms with E-state index in [1.165, 1.54) is 44.3 Å². The minimum atomic E-state index is 0.282. The van der Waals surface area contributed by atoms with E-state index in [9.17, 15) is 0 Å². The Bertz CT molecular complexity index is 555. The maximum atomic E-state index is 4.95. The molecule has 0 atom stereocenters. The van der Waals surface area contributed by atoms with Crippen LogP contribution in [0.25, 0.3) is 0 Å². The minimum absolute atomic E-state index is 0.282. The van der Waals surface area contributed by atoms with Gasteiger partial charge < -0.3 is 15.5 Å². The normalized spacial score (nSPS) is 21.4. The zero-order valence-corrected chi connectivity index (χ0v) is 16.1. The Morgan fingerprint density at radius 3 is 2.44 bits per heavy atom. The van der Waals surface area contributed by atoms with Gasteiger partial charge in [0.05, 0.1) is 6.54 Å². The summed E-state index contributed by atoms with van der Waals surface area (Å²) in [6, 6.07) is 12.1. The summed E-state index contributed by atoms with van der Waals surface area (Å²) < 4.78 is 0. The Kier molecular flexibility index (Phi) is 6.00. The lowest BCUT2D eigenvalue weighted by atomic mass is 9.96. The van der Waals surface area contributed by atoms with Gasteiger partial charge in [-0.1, -0.05) is 30.3 Å². The van der Waals surface area contributed by atoms with Crippen LogP contribution in [0.3, 0.4) is 0 Å². The fourth-order valence-corrected chi connectivity index (χ4v) is 3.78. The molecule has 1 saturated heterocycles. The van der Waals surface area contributed by atoms with Crippen molar-refractivity contribution in [2.24, 2.45) is 4.99 Å². The lowest BCUT2D eigenvalue weighted by molar-refractivity contribution is 0.167. The molecule has 1 saturated carbocycles. The van der Waals surface area contributed by atoms with Crippen LogP contribution < -0.4 is 10.6 Å². The predicted molar refractivity (Wildman–Crippen MR) is 106 cm³/mol. The Balaban J connectivity index is 1.57. The number of piperidine rings is 1. The van der Waals surface area contributed by atoms with E-state index in [1.54, 1.807) is 0 Å². The van der Waals surface area contributed by atoms with Gasteiger partial charge in [0.15, 0.2) is 5.96 Å². The van der Waals surface area contributed by atoms with Crippen molar-refractivity contribution in [2.45, 2.75) is 64.0 Å². The van der Waals surface area contributed by atoms with Gasteiger partial charge in [-0.05, 0) is 52.0 Å². The third kappa shape index (κ3) is 4.75. The van der Waals surface area contributed by atoms with Crippen LogP contribution in [0.1, 0.15) is 52.0 Å². The van der Waals surface area contributed by atoms with Gasteiger partial charge in [-0.25, -0.2) is 0 Å². The number of nitrogens with one attached hydrogen (secondary N) is 2. The van der Waals surface area contributed by atoms with Crippen molar-refractivity contribution in [3.63, 3.8) is 0 Å². The molecule has 0 bridgehead atoms. The monoisotopic (exact) mass is 342 g/mol. The second kappa shape index (κ2) is 8.22. The van der Waals surface area contributed by atoms with E-state index < -0.39 is 0 Å². The number of guanidine groups is 1. The quantitative estimate of drug-likeness (QED) is 0.616. The molecule has 2 N–H and O–H groups in total. The second-order valence-electron chi connectivity index (χ2n) is 7.89. The molecule has 1 aromatic carbocycles. The average Bonchev–Trinajstić information content (AvgIpc) is 3.42. The summed E-state index contributed by atoms with van der Waals surface area (Å²) in [7, 11) is 0. The molecule has 1 aliphatic carbocycles. The molecule has 1 aromatic rings. The van der Waals surface area contributed by atoms with E-state index in [-0.39, 0.29) is 5.41 Å². The van der Waals surface area contributed by atoms with E-state index in [2.05, 4.69) is 66.6 Å². The summed E-state index contributed by atoms with van der Waals surface area (Å²) in [5.41, 5.74) is 1.73. The van der Waals surface area contributed by atoms with E-state index in [4.69, 9.17) is 4.99 Å². The molecule has 1 heterocycles. The maximum Gasteiger partial charge on any atom is 0.191 e. The standard InChI is InChI=1S/C21H34N4/c1-4-22-20(24-19-10-14-25(15-11-19)17(2)3)23-16-21(12-13-21)18-8-6-5-7-9-18/h5-9,17,19H,4,10-16H2,1-3H3,(H2,22,23,24). The van der Waals surface area contributed by atoms with Crippen molar-refractivity contribution in [2.75, 3.05) is 26.2 Å². The smallest absolute Gasteiger partial charge is 0.191 e. The zero-order chi connectivity index (χ0) is 17.7. The van der Waals surface area contributed by atoms with Crippen LogP contribution in [-0.4, -0.2) is 49.1 Å². The molecule has 2 fully saturated rings. The number of benzene rings is 1. The third-order valence-electron chi connectivity index (χ3n) is 5.72. The average molecular weight is 343 g/mol. The van der Waals surface area contributed by atoms with Gasteiger partial charge in [-0.2, -0.15) is 0 Å². The topological polar surface area (TPSA) is 39.7 Å². The van der Waals surface area contributed by atoms with E-state index in [0.29, 0.717) is 12.1 Å². The first-order valence-corrected chi connectivity index (χ1v) is 9.97. The van der Waals surface area contributed by atoms with Crippen molar-refractivity contribution in [3.05, 3.63) is 35.9 Å². The van der Waals surface area contributed by atoms with Crippen molar-refractivity contribution >= 4 is 5.96 Å². The summed E-state index contributed by atoms with van der Waals surface area (Å²) in [6.07, 6.45) is 4.91. The highest BCUT2D eigenvalue weighted by atomic mass is 15.2. The zero-order valence-electron chi connectivity index (χ0n) is 16.1. The van der Waals surface area contributed by atoms with E-state index in [1.807, 2.05) is 0 Å². The van der Waals surface area contributed by atoms with Crippen molar-refractivity contribution < 1.29 is 0 Å². The van der Waals surface area contributed by atoms with E-state index in [0.717, 1.165) is 19.0 Å². The molecule has 0 radical (unpaired) electrons. The largest absolute Gasteiger partial charge is 0.357 e. The van der Waals surface area contributed by atoms with Crippen LogP contribution in [0.15, 0.2) is 35.3 Å². The van der Waals surface area contributed by atoms with Crippen LogP contribution in [-0.2, 0) is 5.41 Å². The molecule has 2 aliphatic rings. The Morgan fingerprint density at radius 2 is 1.88 bits per heavy atom. The number of hydrogen-bond acceptors (Lipinski definition) is 2. The van der Waals surface area contributed by atoms with Gasteiger partial charge in [-0.3, -0.25) is 4.99 Å². The predicted octanol–water partition coefficient (Wildman–Crippen LogP) is 3.15. The molecule has 3 rings (SSSR count). The molecule has 0 amide bonds. The van der Waals surface area contributed by atoms with Gasteiger partial charge in [-0.15, -0.1) is 0 Å². The molecule has 0 spiro atoms. The summed E-state index contributed by atoms with van der Waals surface area (Å²) in [6.45, 7) is 10.9. The fourth-order valence-electron chi connectivity index (χ4n) is 3.78. The number of hydrogen-bond donors (Lipinski definition) is 2. The van der Waals surface area contributed by atoms with Crippen LogP contribution in [0, 0.1) is 0 Å². The Morgan fingerprint density at radius 1 is 1.20 bits per heavy atom. The summed E-state index contributed by atoms with van der Waals surface area (Å²) >= 11 is 0. The molecule has 4 nitrogen and oxygen atoms in total. The SMILES string of the molecule is CCNC(=NCC1(c2ccccc2)CC1)NC1CCN(C(C)C)CC1. The van der Waals surface area contributed by atoms with Crippen LogP contribution in [0.2, 0.25) is 0 Å². The first kappa shape index (κ1) is 18.2. The Hall–Kier alpha value is -1.55. The van der Waals surface area contributed by atoms with Crippen LogP contribution in [0.5, 0.6) is 0 Å². The molecule has 25 heavy (non-hydrogen) atoms. The summed E-state index contributed by atoms with van der Waals surface area (Å²) in [4.78, 5) is 7.52. The maximum absolute atomic E-state index is 4.95. The Labute approximate surface area is 153 Å². The number of rotatable bonds is 6. The van der Waals surface area contributed by atoms with Crippen molar-refractivity contribution in [1.82, 2.24) is 15.5 Å². The lowest BCUT2D eigenvalue weighted by Crippen LogP contribution is -2.50. The first-order chi connectivity index (χ1) is 12.1. The van der Waals surface area contributed by atoms with Gasteiger partial charge in [0.2, 0.25) is 0 Å². The highest BCUT2D eigenvalue weighted by Crippen LogP contribution is 2.48. The summed E-state index contributed by atoms with van der Waals surface area (Å²) in [5.74, 6) is 0.993. The molecule has 0 unspecified atom stereocenters. The number of likely N-dealkylation sites (tertiary alicyclic amines) is 1. The van der Waals surface area contributed by atoms with Gasteiger partial charge in [0.25, 0.3) is 0 Å². The molecule has 1 aliphatic heterocycles. The third-order valence-corrected chi connectivity index (χ3v) is 5.72. The van der Waals surface area contributed by atoms with Crippen molar-refractivity contribution in [1.29, 1.82) is 0 Å². The highest BCUT2D eigenvalue weighted by Gasteiger charge is 2.44.